The molecule has 4 nitrogen and oxygen atoms in total. The monoisotopic (exact) mass is 213 g/mol. The molecule has 0 heterocycles. The Morgan fingerprint density at radius 2 is 1.86 bits per heavy atom. The Kier molecular flexibility index (Phi) is 3.48. The molecule has 1 atom stereocenters. The van der Waals surface area contributed by atoms with Crippen molar-refractivity contribution >= 4 is 22.9 Å². The minimum Gasteiger partial charge on any atom is -0.432 e. The Morgan fingerprint density at radius 1 is 1.29 bits per heavy atom. The van der Waals surface area contributed by atoms with Crippen LogP contribution in [0.15, 0.2) is 30.3 Å². The minimum atomic E-state index is -1.13. The minimum absolute atomic E-state index is 0.492. The van der Waals surface area contributed by atoms with Gasteiger partial charge < -0.3 is 10.5 Å². The fourth-order valence-corrected chi connectivity index (χ4v) is 1.16. The van der Waals surface area contributed by atoms with E-state index < -0.39 is 17.4 Å². The molecule has 2 N–H and O–H groups in total. The summed E-state index contributed by atoms with van der Waals surface area (Å²) in [6.45, 7) is 0. The molecule has 0 aliphatic rings. The first kappa shape index (κ1) is 10.5. The fraction of sp³-hybridized carbons (Fsp3) is 0.111. The van der Waals surface area contributed by atoms with Gasteiger partial charge in [-0.3, -0.25) is 4.79 Å². The molecular formula is C9H8ClNO3. The summed E-state index contributed by atoms with van der Waals surface area (Å²) in [5.41, 5.74) is 5.29. The third-order valence-corrected chi connectivity index (χ3v) is 1.74. The van der Waals surface area contributed by atoms with Crippen LogP contribution in [-0.4, -0.2) is 11.3 Å². The molecule has 0 aliphatic heterocycles. The molecule has 1 aromatic carbocycles. The fourth-order valence-electron chi connectivity index (χ4n) is 0.989. The SMILES string of the molecule is NC(=O)OC(C(=O)Cl)c1ccccc1. The van der Waals surface area contributed by atoms with E-state index in [9.17, 15) is 9.59 Å². The van der Waals surface area contributed by atoms with Crippen LogP contribution in [0.1, 0.15) is 11.7 Å². The van der Waals surface area contributed by atoms with E-state index in [0.29, 0.717) is 5.56 Å². The normalized spacial score (nSPS) is 11.8. The largest absolute Gasteiger partial charge is 0.432 e. The Balaban J connectivity index is 2.89. The van der Waals surface area contributed by atoms with Gasteiger partial charge in [0, 0.05) is 5.56 Å². The van der Waals surface area contributed by atoms with Crippen molar-refractivity contribution in [2.24, 2.45) is 5.73 Å². The van der Waals surface area contributed by atoms with E-state index in [0.717, 1.165) is 0 Å². The average molecular weight is 214 g/mol. The lowest BCUT2D eigenvalue weighted by atomic mass is 10.1. The first-order chi connectivity index (χ1) is 6.61. The molecule has 74 valence electrons. The number of carbonyl (C=O) groups excluding carboxylic acids is 2. The standard InChI is InChI=1S/C9H8ClNO3/c10-8(12)7(14-9(11)13)6-4-2-1-3-5-6/h1-5,7H,(H2,11,13). The van der Waals surface area contributed by atoms with Crippen molar-refractivity contribution in [2.45, 2.75) is 6.10 Å². The molecule has 1 amide bonds. The molecule has 14 heavy (non-hydrogen) atoms. The molecule has 1 unspecified atom stereocenters. The van der Waals surface area contributed by atoms with Crippen LogP contribution in [0.5, 0.6) is 0 Å². The Bertz CT molecular complexity index is 339. The quantitative estimate of drug-likeness (QED) is 0.776. The predicted molar refractivity (Wildman–Crippen MR) is 50.7 cm³/mol. The Hall–Kier alpha value is -1.55. The van der Waals surface area contributed by atoms with Crippen LogP contribution in [0.2, 0.25) is 0 Å². The summed E-state index contributed by atoms with van der Waals surface area (Å²) in [5.74, 6) is 0. The van der Waals surface area contributed by atoms with Gasteiger partial charge in [-0.15, -0.1) is 0 Å². The van der Waals surface area contributed by atoms with E-state index in [1.807, 2.05) is 0 Å². The van der Waals surface area contributed by atoms with Crippen molar-refractivity contribution in [3.8, 4) is 0 Å². The highest BCUT2D eigenvalue weighted by molar-refractivity contribution is 6.64. The van der Waals surface area contributed by atoms with E-state index in [-0.39, 0.29) is 0 Å². The van der Waals surface area contributed by atoms with Crippen LogP contribution in [0, 0.1) is 0 Å². The van der Waals surface area contributed by atoms with Crippen LogP contribution >= 0.6 is 11.6 Å². The summed E-state index contributed by atoms with van der Waals surface area (Å²) in [6.07, 6.45) is -2.16. The number of ether oxygens (including phenoxy) is 1. The number of hydrogen-bond donors (Lipinski definition) is 1. The molecule has 0 aromatic heterocycles. The smallest absolute Gasteiger partial charge is 0.405 e. The lowest BCUT2D eigenvalue weighted by Gasteiger charge is -2.11. The third-order valence-electron chi connectivity index (χ3n) is 1.54. The Morgan fingerprint density at radius 3 is 2.29 bits per heavy atom. The van der Waals surface area contributed by atoms with Gasteiger partial charge in [-0.2, -0.15) is 0 Å². The molecule has 0 spiro atoms. The van der Waals surface area contributed by atoms with Crippen molar-refractivity contribution in [1.29, 1.82) is 0 Å². The number of hydrogen-bond acceptors (Lipinski definition) is 3. The summed E-state index contributed by atoms with van der Waals surface area (Å²) in [7, 11) is 0. The molecule has 0 bridgehead atoms. The third kappa shape index (κ3) is 2.74. The van der Waals surface area contributed by atoms with Gasteiger partial charge in [0.15, 0.2) is 0 Å². The van der Waals surface area contributed by atoms with Gasteiger partial charge in [0.1, 0.15) is 0 Å². The summed E-state index contributed by atoms with van der Waals surface area (Å²) >= 11 is 5.25. The number of amides is 1. The van der Waals surface area contributed by atoms with Gasteiger partial charge in [0.05, 0.1) is 0 Å². The highest BCUT2D eigenvalue weighted by atomic mass is 35.5. The van der Waals surface area contributed by atoms with Crippen LogP contribution in [0.4, 0.5) is 4.79 Å². The van der Waals surface area contributed by atoms with Crippen LogP contribution in [0.3, 0.4) is 0 Å². The zero-order valence-corrected chi connectivity index (χ0v) is 7.90. The second-order valence-electron chi connectivity index (χ2n) is 2.53. The first-order valence-electron chi connectivity index (χ1n) is 3.81. The molecule has 0 fully saturated rings. The van der Waals surface area contributed by atoms with E-state index in [1.54, 1.807) is 30.3 Å². The van der Waals surface area contributed by atoms with Gasteiger partial charge in [0.25, 0.3) is 5.24 Å². The molecule has 0 saturated heterocycles. The average Bonchev–Trinajstić information content (AvgIpc) is 2.15. The van der Waals surface area contributed by atoms with E-state index in [1.165, 1.54) is 0 Å². The second-order valence-corrected chi connectivity index (χ2v) is 2.90. The molecule has 5 heteroatoms. The number of nitrogens with two attached hydrogens (primary N) is 1. The summed E-state index contributed by atoms with van der Waals surface area (Å²) in [5, 5.41) is -0.782. The number of primary amides is 1. The maximum atomic E-state index is 10.9. The predicted octanol–water partition coefficient (Wildman–Crippen LogP) is 1.59. The van der Waals surface area contributed by atoms with Gasteiger partial charge in [-0.25, -0.2) is 4.79 Å². The molecule has 0 aliphatic carbocycles. The summed E-state index contributed by atoms with van der Waals surface area (Å²) < 4.78 is 4.56. The van der Waals surface area contributed by atoms with Crippen molar-refractivity contribution in [3.05, 3.63) is 35.9 Å². The highest BCUT2D eigenvalue weighted by Crippen LogP contribution is 2.19. The number of halogens is 1. The van der Waals surface area contributed by atoms with Gasteiger partial charge >= 0.3 is 6.09 Å². The molecule has 1 rings (SSSR count). The second kappa shape index (κ2) is 4.62. The zero-order chi connectivity index (χ0) is 10.6. The van der Waals surface area contributed by atoms with Crippen molar-refractivity contribution in [1.82, 2.24) is 0 Å². The number of rotatable bonds is 3. The molecular weight excluding hydrogens is 206 g/mol. The lowest BCUT2D eigenvalue weighted by Crippen LogP contribution is -2.20. The van der Waals surface area contributed by atoms with Gasteiger partial charge in [-0.05, 0) is 11.6 Å². The highest BCUT2D eigenvalue weighted by Gasteiger charge is 2.21. The van der Waals surface area contributed by atoms with Crippen LogP contribution in [-0.2, 0) is 9.53 Å². The summed E-state index contributed by atoms with van der Waals surface area (Å²) in [6, 6.07) is 8.41. The van der Waals surface area contributed by atoms with Crippen molar-refractivity contribution in [3.63, 3.8) is 0 Å². The van der Waals surface area contributed by atoms with Gasteiger partial charge in [-0.1, -0.05) is 30.3 Å². The van der Waals surface area contributed by atoms with E-state index >= 15 is 0 Å². The van der Waals surface area contributed by atoms with Crippen molar-refractivity contribution < 1.29 is 14.3 Å². The van der Waals surface area contributed by atoms with Crippen LogP contribution in [0.25, 0.3) is 0 Å². The zero-order valence-electron chi connectivity index (χ0n) is 7.14. The molecule has 0 radical (unpaired) electrons. The first-order valence-corrected chi connectivity index (χ1v) is 4.19. The Labute approximate surface area is 85.6 Å². The summed E-state index contributed by atoms with van der Waals surface area (Å²) in [4.78, 5) is 21.4. The van der Waals surface area contributed by atoms with E-state index in [4.69, 9.17) is 17.3 Å². The number of carbonyl (C=O) groups is 2. The van der Waals surface area contributed by atoms with Crippen molar-refractivity contribution in [2.75, 3.05) is 0 Å². The van der Waals surface area contributed by atoms with Crippen LogP contribution < -0.4 is 5.73 Å². The maximum Gasteiger partial charge on any atom is 0.405 e. The van der Waals surface area contributed by atoms with Gasteiger partial charge in [0.2, 0.25) is 6.10 Å². The lowest BCUT2D eigenvalue weighted by molar-refractivity contribution is -0.119. The topological polar surface area (TPSA) is 69.4 Å². The molecule has 1 aromatic rings. The number of benzene rings is 1. The van der Waals surface area contributed by atoms with E-state index in [2.05, 4.69) is 4.74 Å². The maximum absolute atomic E-state index is 10.9. The molecule has 0 saturated carbocycles.